The lowest BCUT2D eigenvalue weighted by Crippen LogP contribution is -2.47. The molecule has 0 bridgehead atoms. The van der Waals surface area contributed by atoms with Crippen LogP contribution in [0.5, 0.6) is 11.5 Å². The molecule has 2 aliphatic rings. The van der Waals surface area contributed by atoms with Gasteiger partial charge in [0.25, 0.3) is 0 Å². The van der Waals surface area contributed by atoms with Crippen molar-refractivity contribution in [1.82, 2.24) is 10.2 Å². The molecule has 1 N–H and O–H groups in total. The summed E-state index contributed by atoms with van der Waals surface area (Å²) in [5, 5.41) is 3.12. The molecule has 1 aliphatic carbocycles. The molecular formula is C18H26N2O3. The SMILES string of the molecule is COc1cc2c(cc1OC)C(C(C)C)N(C(=O)NC1CC1)CC2. The Kier molecular flexibility index (Phi) is 4.37. The van der Waals surface area contributed by atoms with Gasteiger partial charge in [0.2, 0.25) is 0 Å². The Balaban J connectivity index is 1.95. The molecule has 126 valence electrons. The molecular weight excluding hydrogens is 292 g/mol. The normalized spacial score (nSPS) is 20.2. The van der Waals surface area contributed by atoms with Gasteiger partial charge >= 0.3 is 6.03 Å². The Hall–Kier alpha value is -1.91. The fraction of sp³-hybridized carbons (Fsp3) is 0.611. The summed E-state index contributed by atoms with van der Waals surface area (Å²) in [5.41, 5.74) is 2.42. The summed E-state index contributed by atoms with van der Waals surface area (Å²) in [6.07, 6.45) is 3.05. The van der Waals surface area contributed by atoms with E-state index in [0.29, 0.717) is 12.0 Å². The maximum absolute atomic E-state index is 12.6. The predicted molar refractivity (Wildman–Crippen MR) is 89.1 cm³/mol. The van der Waals surface area contributed by atoms with Crippen LogP contribution in [0.3, 0.4) is 0 Å². The molecule has 1 heterocycles. The van der Waals surface area contributed by atoms with Crippen LogP contribution in [-0.2, 0) is 6.42 Å². The number of hydrogen-bond acceptors (Lipinski definition) is 3. The van der Waals surface area contributed by atoms with Crippen molar-refractivity contribution in [3.05, 3.63) is 23.3 Å². The molecule has 0 saturated heterocycles. The first-order chi connectivity index (χ1) is 11.0. The number of urea groups is 1. The summed E-state index contributed by atoms with van der Waals surface area (Å²) in [6, 6.07) is 4.60. The van der Waals surface area contributed by atoms with Crippen LogP contribution in [0.4, 0.5) is 4.79 Å². The van der Waals surface area contributed by atoms with Crippen LogP contribution < -0.4 is 14.8 Å². The van der Waals surface area contributed by atoms with Gasteiger partial charge in [-0.1, -0.05) is 13.8 Å². The maximum Gasteiger partial charge on any atom is 0.318 e. The van der Waals surface area contributed by atoms with Crippen LogP contribution in [0.2, 0.25) is 0 Å². The summed E-state index contributed by atoms with van der Waals surface area (Å²) >= 11 is 0. The quantitative estimate of drug-likeness (QED) is 0.928. The van der Waals surface area contributed by atoms with Crippen LogP contribution in [0, 0.1) is 5.92 Å². The first-order valence-electron chi connectivity index (χ1n) is 8.37. The van der Waals surface area contributed by atoms with Crippen molar-refractivity contribution in [2.24, 2.45) is 5.92 Å². The predicted octanol–water partition coefficient (Wildman–Crippen LogP) is 3.13. The van der Waals surface area contributed by atoms with Crippen molar-refractivity contribution in [2.75, 3.05) is 20.8 Å². The summed E-state index contributed by atoms with van der Waals surface area (Å²) in [5.74, 6) is 1.81. The Bertz CT molecular complexity index is 596. The molecule has 1 aliphatic heterocycles. The van der Waals surface area contributed by atoms with E-state index in [1.165, 1.54) is 11.1 Å². The number of hydrogen-bond donors (Lipinski definition) is 1. The van der Waals surface area contributed by atoms with Crippen molar-refractivity contribution in [3.8, 4) is 11.5 Å². The first kappa shape index (κ1) is 16.0. The van der Waals surface area contributed by atoms with Gasteiger partial charge in [-0.2, -0.15) is 0 Å². The van der Waals surface area contributed by atoms with Gasteiger partial charge in [-0.25, -0.2) is 4.79 Å². The highest BCUT2D eigenvalue weighted by Crippen LogP contribution is 2.41. The van der Waals surface area contributed by atoms with E-state index in [1.54, 1.807) is 14.2 Å². The van der Waals surface area contributed by atoms with Gasteiger partial charge in [0.05, 0.1) is 20.3 Å². The minimum Gasteiger partial charge on any atom is -0.493 e. The molecule has 0 aromatic heterocycles. The monoisotopic (exact) mass is 318 g/mol. The molecule has 1 fully saturated rings. The number of carbonyl (C=O) groups excluding carboxylic acids is 1. The van der Waals surface area contributed by atoms with Crippen molar-refractivity contribution < 1.29 is 14.3 Å². The topological polar surface area (TPSA) is 50.8 Å². The van der Waals surface area contributed by atoms with E-state index in [1.807, 2.05) is 11.0 Å². The molecule has 1 atom stereocenters. The molecule has 1 aromatic rings. The number of methoxy groups -OCH3 is 2. The van der Waals surface area contributed by atoms with E-state index in [2.05, 4.69) is 25.2 Å². The average molecular weight is 318 g/mol. The van der Waals surface area contributed by atoms with Crippen molar-refractivity contribution >= 4 is 6.03 Å². The summed E-state index contributed by atoms with van der Waals surface area (Å²) in [4.78, 5) is 14.6. The number of carbonyl (C=O) groups is 1. The molecule has 5 heteroatoms. The highest BCUT2D eigenvalue weighted by atomic mass is 16.5. The highest BCUT2D eigenvalue weighted by Gasteiger charge is 2.36. The van der Waals surface area contributed by atoms with E-state index in [9.17, 15) is 4.79 Å². The van der Waals surface area contributed by atoms with Gasteiger partial charge in [-0.05, 0) is 48.4 Å². The molecule has 1 saturated carbocycles. The largest absolute Gasteiger partial charge is 0.493 e. The van der Waals surface area contributed by atoms with Crippen LogP contribution in [0.15, 0.2) is 12.1 Å². The molecule has 2 amide bonds. The van der Waals surface area contributed by atoms with E-state index in [-0.39, 0.29) is 12.1 Å². The molecule has 5 nitrogen and oxygen atoms in total. The van der Waals surface area contributed by atoms with Crippen LogP contribution in [0.1, 0.15) is 43.9 Å². The third-order valence-corrected chi connectivity index (χ3v) is 4.72. The maximum atomic E-state index is 12.6. The highest BCUT2D eigenvalue weighted by molar-refractivity contribution is 5.76. The minimum atomic E-state index is 0.0617. The number of ether oxygens (including phenoxy) is 2. The van der Waals surface area contributed by atoms with Gasteiger partial charge in [0.15, 0.2) is 11.5 Å². The number of fused-ring (bicyclic) bond motifs is 1. The number of nitrogens with one attached hydrogen (secondary N) is 1. The van der Waals surface area contributed by atoms with Crippen LogP contribution in [0.25, 0.3) is 0 Å². The fourth-order valence-corrected chi connectivity index (χ4v) is 3.41. The molecule has 1 unspecified atom stereocenters. The Morgan fingerprint density at radius 2 is 1.87 bits per heavy atom. The summed E-state index contributed by atoms with van der Waals surface area (Å²) in [7, 11) is 3.30. The molecule has 23 heavy (non-hydrogen) atoms. The lowest BCUT2D eigenvalue weighted by molar-refractivity contribution is 0.148. The third kappa shape index (κ3) is 3.09. The van der Waals surface area contributed by atoms with Gasteiger partial charge in [-0.15, -0.1) is 0 Å². The second kappa shape index (κ2) is 6.30. The number of nitrogens with zero attached hydrogens (tertiary/aromatic N) is 1. The zero-order chi connectivity index (χ0) is 16.6. The summed E-state index contributed by atoms with van der Waals surface area (Å²) in [6.45, 7) is 5.06. The molecule has 3 rings (SSSR count). The van der Waals surface area contributed by atoms with Gasteiger partial charge in [0, 0.05) is 12.6 Å². The average Bonchev–Trinajstić information content (AvgIpc) is 3.35. The Morgan fingerprint density at radius 1 is 1.22 bits per heavy atom. The van der Waals surface area contributed by atoms with E-state index in [0.717, 1.165) is 37.3 Å². The smallest absolute Gasteiger partial charge is 0.318 e. The van der Waals surface area contributed by atoms with Crippen molar-refractivity contribution in [3.63, 3.8) is 0 Å². The lowest BCUT2D eigenvalue weighted by atomic mass is 9.86. The van der Waals surface area contributed by atoms with Crippen molar-refractivity contribution in [1.29, 1.82) is 0 Å². The number of amides is 2. The van der Waals surface area contributed by atoms with Gasteiger partial charge in [0.1, 0.15) is 0 Å². The van der Waals surface area contributed by atoms with Crippen LogP contribution in [-0.4, -0.2) is 37.7 Å². The van der Waals surface area contributed by atoms with E-state index < -0.39 is 0 Å². The fourth-order valence-electron chi connectivity index (χ4n) is 3.41. The van der Waals surface area contributed by atoms with E-state index >= 15 is 0 Å². The van der Waals surface area contributed by atoms with Crippen molar-refractivity contribution in [2.45, 2.75) is 45.2 Å². The van der Waals surface area contributed by atoms with E-state index in [4.69, 9.17) is 9.47 Å². The zero-order valence-corrected chi connectivity index (χ0v) is 14.4. The zero-order valence-electron chi connectivity index (χ0n) is 14.4. The standard InChI is InChI=1S/C18H26N2O3/c1-11(2)17-14-10-16(23-4)15(22-3)9-12(14)7-8-20(17)18(21)19-13-5-6-13/h9-11,13,17H,5-8H2,1-4H3,(H,19,21). The first-order valence-corrected chi connectivity index (χ1v) is 8.37. The Labute approximate surface area is 137 Å². The number of rotatable bonds is 4. The molecule has 0 radical (unpaired) electrons. The minimum absolute atomic E-state index is 0.0617. The van der Waals surface area contributed by atoms with Crippen LogP contribution >= 0.6 is 0 Å². The second-order valence-corrected chi connectivity index (χ2v) is 6.76. The number of benzene rings is 1. The Morgan fingerprint density at radius 3 is 2.43 bits per heavy atom. The summed E-state index contributed by atoms with van der Waals surface area (Å²) < 4.78 is 10.9. The van der Waals surface area contributed by atoms with Gasteiger partial charge in [-0.3, -0.25) is 0 Å². The lowest BCUT2D eigenvalue weighted by Gasteiger charge is -2.40. The second-order valence-electron chi connectivity index (χ2n) is 6.76. The van der Waals surface area contributed by atoms with Gasteiger partial charge < -0.3 is 19.7 Å². The molecule has 0 spiro atoms. The third-order valence-electron chi connectivity index (χ3n) is 4.72. The molecule has 1 aromatic carbocycles.